The van der Waals surface area contributed by atoms with Crippen LogP contribution in [-0.2, 0) is 24.3 Å². The molecule has 0 atom stereocenters. The van der Waals surface area contributed by atoms with E-state index >= 15 is 0 Å². The number of aromatic nitrogens is 2. The van der Waals surface area contributed by atoms with Crippen molar-refractivity contribution in [3.05, 3.63) is 17.7 Å². The Morgan fingerprint density at radius 3 is 2.53 bits per heavy atom. The van der Waals surface area contributed by atoms with Gasteiger partial charge in [-0.1, -0.05) is 34.6 Å². The van der Waals surface area contributed by atoms with Gasteiger partial charge in [0, 0.05) is 12.7 Å². The van der Waals surface area contributed by atoms with Crippen LogP contribution < -0.4 is 0 Å². The van der Waals surface area contributed by atoms with Crippen LogP contribution in [0.2, 0.25) is 0 Å². The number of nitrogens with zero attached hydrogens (tertiary/aromatic N) is 2. The van der Waals surface area contributed by atoms with Crippen LogP contribution in [-0.4, -0.2) is 16.2 Å². The van der Waals surface area contributed by atoms with Crippen molar-refractivity contribution < 1.29 is 4.74 Å². The summed E-state index contributed by atoms with van der Waals surface area (Å²) in [7, 11) is 0. The van der Waals surface area contributed by atoms with Crippen molar-refractivity contribution in [2.24, 2.45) is 0 Å². The lowest BCUT2D eigenvalue weighted by Gasteiger charge is -2.13. The Hall–Kier alpha value is -0.830. The van der Waals surface area contributed by atoms with Crippen molar-refractivity contribution in [2.45, 2.75) is 54.2 Å². The predicted molar refractivity (Wildman–Crippen MR) is 64.0 cm³/mol. The Morgan fingerprint density at radius 1 is 1.33 bits per heavy atom. The minimum atomic E-state index is 0.681. The Morgan fingerprint density at radius 2 is 2.00 bits per heavy atom. The first-order valence-electron chi connectivity index (χ1n) is 6.03. The monoisotopic (exact) mass is 212 g/mol. The van der Waals surface area contributed by atoms with Gasteiger partial charge in [-0.2, -0.15) is 0 Å². The van der Waals surface area contributed by atoms with E-state index in [4.69, 9.17) is 4.74 Å². The van der Waals surface area contributed by atoms with Gasteiger partial charge in [0.2, 0.25) is 0 Å². The number of hydrogen-bond acceptors (Lipinski definition) is 2. The third kappa shape index (κ3) is 4.04. The van der Waals surface area contributed by atoms with Gasteiger partial charge >= 0.3 is 0 Å². The molecule has 0 spiro atoms. The van der Waals surface area contributed by atoms with Crippen molar-refractivity contribution in [1.29, 1.82) is 0 Å². The molecule has 0 saturated heterocycles. The van der Waals surface area contributed by atoms with E-state index in [1.807, 2.05) is 27.7 Å². The van der Waals surface area contributed by atoms with Crippen LogP contribution in [0.3, 0.4) is 0 Å². The van der Waals surface area contributed by atoms with Crippen LogP contribution in [0.5, 0.6) is 0 Å². The fourth-order valence-electron chi connectivity index (χ4n) is 1.32. The first kappa shape index (κ1) is 14.2. The summed E-state index contributed by atoms with van der Waals surface area (Å²) in [6, 6.07) is 0. The highest BCUT2D eigenvalue weighted by Gasteiger charge is 2.10. The summed E-state index contributed by atoms with van der Waals surface area (Å²) in [5.74, 6) is 1.08. The summed E-state index contributed by atoms with van der Waals surface area (Å²) in [4.78, 5) is 4.41. The fraction of sp³-hybridized carbons (Fsp3) is 0.750. The normalized spacial score (nSPS) is 12.9. The van der Waals surface area contributed by atoms with E-state index in [9.17, 15) is 0 Å². The van der Waals surface area contributed by atoms with Crippen molar-refractivity contribution in [3.63, 3.8) is 0 Å². The van der Waals surface area contributed by atoms with Crippen LogP contribution in [0.4, 0.5) is 0 Å². The zero-order chi connectivity index (χ0) is 11.7. The lowest BCUT2D eigenvalue weighted by molar-refractivity contribution is 0.0816. The first-order valence-corrected chi connectivity index (χ1v) is 6.03. The smallest absolute Gasteiger partial charge is 0.135 e. The highest BCUT2D eigenvalue weighted by atomic mass is 16.5. The Bertz CT molecular complexity index is 233. The van der Waals surface area contributed by atoms with E-state index in [0.717, 1.165) is 25.4 Å². The van der Waals surface area contributed by atoms with Crippen LogP contribution in [0.25, 0.3) is 0 Å². The fourth-order valence-corrected chi connectivity index (χ4v) is 1.32. The molecule has 2 rings (SSSR count). The van der Waals surface area contributed by atoms with Crippen molar-refractivity contribution in [2.75, 3.05) is 6.61 Å². The molecule has 1 aromatic heterocycles. The minimum absolute atomic E-state index is 0.681. The summed E-state index contributed by atoms with van der Waals surface area (Å²) < 4.78 is 7.45. The van der Waals surface area contributed by atoms with Gasteiger partial charge < -0.3 is 9.30 Å². The number of hydrogen-bond donors (Lipinski definition) is 0. The number of ether oxygens (including phenoxy) is 1. The summed E-state index contributed by atoms with van der Waals surface area (Å²) in [6.45, 7) is 12.6. The minimum Gasteiger partial charge on any atom is -0.372 e. The van der Waals surface area contributed by atoms with E-state index < -0.39 is 0 Å². The largest absolute Gasteiger partial charge is 0.372 e. The molecule has 0 amide bonds. The molecule has 3 heteroatoms. The molecule has 0 saturated carbocycles. The zero-order valence-corrected chi connectivity index (χ0v) is 10.7. The average Bonchev–Trinajstić information content (AvgIpc) is 2.77. The Balaban J connectivity index is 0.000000442. The predicted octanol–water partition coefficient (Wildman–Crippen LogP) is 3.03. The van der Waals surface area contributed by atoms with Gasteiger partial charge in [-0.25, -0.2) is 4.98 Å². The van der Waals surface area contributed by atoms with Gasteiger partial charge in [-0.05, 0) is 6.42 Å². The summed E-state index contributed by atoms with van der Waals surface area (Å²) in [5, 5.41) is 0. The highest BCUT2D eigenvalue weighted by Crippen LogP contribution is 2.09. The Labute approximate surface area is 93.5 Å². The third-order valence-electron chi connectivity index (χ3n) is 1.98. The van der Waals surface area contributed by atoms with E-state index in [1.54, 1.807) is 0 Å². The van der Waals surface area contributed by atoms with Crippen LogP contribution in [0, 0.1) is 0 Å². The van der Waals surface area contributed by atoms with Crippen molar-refractivity contribution >= 4 is 0 Å². The number of fused-ring (bicyclic) bond motifs is 1. The lowest BCUT2D eigenvalue weighted by atomic mass is 10.4. The standard InChI is InChI=1S/C8H12N2O.2C2H6/c1-2-7-5-10-3-4-11-6-8(10)9-7;2*1-2/h5H,2-4,6H2,1H3;2*1-2H3. The molecule has 0 N–H and O–H groups in total. The molecule has 0 fully saturated rings. The topological polar surface area (TPSA) is 27.1 Å². The van der Waals surface area contributed by atoms with E-state index in [-0.39, 0.29) is 0 Å². The molecule has 0 radical (unpaired) electrons. The average molecular weight is 212 g/mol. The number of imidazole rings is 1. The quantitative estimate of drug-likeness (QED) is 0.715. The van der Waals surface area contributed by atoms with E-state index in [1.165, 1.54) is 5.69 Å². The second kappa shape index (κ2) is 8.48. The summed E-state index contributed by atoms with van der Waals surface area (Å²) >= 11 is 0. The second-order valence-corrected chi connectivity index (χ2v) is 2.75. The molecule has 1 aliphatic rings. The van der Waals surface area contributed by atoms with E-state index in [0.29, 0.717) is 6.61 Å². The molecule has 0 bridgehead atoms. The molecule has 15 heavy (non-hydrogen) atoms. The molecule has 0 unspecified atom stereocenters. The van der Waals surface area contributed by atoms with Gasteiger partial charge in [0.05, 0.1) is 12.3 Å². The third-order valence-corrected chi connectivity index (χ3v) is 1.98. The molecule has 2 heterocycles. The van der Waals surface area contributed by atoms with Gasteiger partial charge in [-0.15, -0.1) is 0 Å². The SMILES string of the molecule is CC.CC.CCc1cn2c(n1)COCC2. The van der Waals surface area contributed by atoms with E-state index in [2.05, 4.69) is 22.7 Å². The molecule has 0 aromatic carbocycles. The number of aryl methyl sites for hydroxylation is 1. The molecule has 1 aliphatic heterocycles. The summed E-state index contributed by atoms with van der Waals surface area (Å²) in [5.41, 5.74) is 1.17. The van der Waals surface area contributed by atoms with Gasteiger partial charge in [0.15, 0.2) is 0 Å². The molecule has 1 aromatic rings. The maximum atomic E-state index is 5.27. The molecular formula is C12H24N2O. The van der Waals surface area contributed by atoms with Gasteiger partial charge in [-0.3, -0.25) is 0 Å². The van der Waals surface area contributed by atoms with Gasteiger partial charge in [0.1, 0.15) is 12.4 Å². The zero-order valence-electron chi connectivity index (χ0n) is 10.7. The molecule has 3 nitrogen and oxygen atoms in total. The van der Waals surface area contributed by atoms with Crippen LogP contribution >= 0.6 is 0 Å². The van der Waals surface area contributed by atoms with Crippen molar-refractivity contribution in [1.82, 2.24) is 9.55 Å². The maximum Gasteiger partial charge on any atom is 0.135 e. The van der Waals surface area contributed by atoms with Gasteiger partial charge in [0.25, 0.3) is 0 Å². The second-order valence-electron chi connectivity index (χ2n) is 2.75. The summed E-state index contributed by atoms with van der Waals surface area (Å²) in [6.07, 6.45) is 3.14. The molecule has 88 valence electrons. The highest BCUT2D eigenvalue weighted by molar-refractivity contribution is 5.04. The first-order chi connectivity index (χ1) is 7.40. The lowest BCUT2D eigenvalue weighted by Crippen LogP contribution is -2.15. The van der Waals surface area contributed by atoms with Crippen LogP contribution in [0.15, 0.2) is 6.20 Å². The van der Waals surface area contributed by atoms with Crippen LogP contribution in [0.1, 0.15) is 46.1 Å². The number of rotatable bonds is 1. The maximum absolute atomic E-state index is 5.27. The molecular weight excluding hydrogens is 188 g/mol. The molecule has 0 aliphatic carbocycles. The van der Waals surface area contributed by atoms with Crippen molar-refractivity contribution in [3.8, 4) is 0 Å². The Kier molecular flexibility index (Phi) is 8.01.